The van der Waals surface area contributed by atoms with Crippen LogP contribution in [0.25, 0.3) is 10.9 Å². The van der Waals surface area contributed by atoms with Gasteiger partial charge >= 0.3 is 0 Å². The SMILES string of the molecule is CN(C(=O)c1cc2c(F)cc(F)cc2[nH]1)C(CC1CC1)C(=O)N1CC(C=O)CC1C#N. The number of nitriles is 1. The van der Waals surface area contributed by atoms with Crippen molar-refractivity contribution in [2.75, 3.05) is 13.6 Å². The maximum Gasteiger partial charge on any atom is 0.270 e. The molecule has 4 rings (SSSR count). The average Bonchev–Trinajstić information content (AvgIpc) is 3.30. The molecule has 162 valence electrons. The van der Waals surface area contributed by atoms with E-state index in [0.717, 1.165) is 31.3 Å². The molecule has 3 atom stereocenters. The highest BCUT2D eigenvalue weighted by Gasteiger charge is 2.42. The Hall–Kier alpha value is -3.28. The van der Waals surface area contributed by atoms with E-state index in [0.29, 0.717) is 12.3 Å². The van der Waals surface area contributed by atoms with Crippen LogP contribution in [0.3, 0.4) is 0 Å². The summed E-state index contributed by atoms with van der Waals surface area (Å²) in [6.45, 7) is 0.153. The summed E-state index contributed by atoms with van der Waals surface area (Å²) in [5, 5.41) is 9.50. The van der Waals surface area contributed by atoms with Gasteiger partial charge in [-0.25, -0.2) is 8.78 Å². The predicted molar refractivity (Wildman–Crippen MR) is 107 cm³/mol. The first-order valence-electron chi connectivity index (χ1n) is 10.2. The second-order valence-corrected chi connectivity index (χ2v) is 8.41. The van der Waals surface area contributed by atoms with Crippen molar-refractivity contribution in [3.05, 3.63) is 35.5 Å². The lowest BCUT2D eigenvalue weighted by Gasteiger charge is -2.32. The van der Waals surface area contributed by atoms with E-state index in [-0.39, 0.29) is 35.5 Å². The van der Waals surface area contributed by atoms with Crippen LogP contribution in [0.2, 0.25) is 0 Å². The summed E-state index contributed by atoms with van der Waals surface area (Å²) in [5.41, 5.74) is 0.192. The lowest BCUT2D eigenvalue weighted by Crippen LogP contribution is -2.51. The number of likely N-dealkylation sites (tertiary alicyclic amines) is 1. The topological polar surface area (TPSA) is 97.3 Å². The Morgan fingerprint density at radius 2 is 2.10 bits per heavy atom. The third kappa shape index (κ3) is 4.02. The van der Waals surface area contributed by atoms with Gasteiger partial charge in [-0.1, -0.05) is 12.8 Å². The van der Waals surface area contributed by atoms with Crippen LogP contribution in [-0.2, 0) is 9.59 Å². The largest absolute Gasteiger partial charge is 0.350 e. The first-order chi connectivity index (χ1) is 14.8. The third-order valence-electron chi connectivity index (χ3n) is 6.17. The summed E-state index contributed by atoms with van der Waals surface area (Å²) >= 11 is 0. The molecule has 1 saturated heterocycles. The van der Waals surface area contributed by atoms with E-state index >= 15 is 0 Å². The van der Waals surface area contributed by atoms with Crippen LogP contribution in [0.15, 0.2) is 18.2 Å². The number of H-pyrrole nitrogens is 1. The fraction of sp³-hybridized carbons (Fsp3) is 0.455. The summed E-state index contributed by atoms with van der Waals surface area (Å²) in [6.07, 6.45) is 3.40. The molecule has 2 amide bonds. The highest BCUT2D eigenvalue weighted by Crippen LogP contribution is 2.36. The van der Waals surface area contributed by atoms with Crippen molar-refractivity contribution in [1.82, 2.24) is 14.8 Å². The number of aldehydes is 1. The van der Waals surface area contributed by atoms with Crippen molar-refractivity contribution in [1.29, 1.82) is 5.26 Å². The first-order valence-corrected chi connectivity index (χ1v) is 10.2. The second kappa shape index (κ2) is 8.10. The Morgan fingerprint density at radius 1 is 1.35 bits per heavy atom. The normalized spacial score (nSPS) is 21.7. The lowest BCUT2D eigenvalue weighted by atomic mass is 10.1. The summed E-state index contributed by atoms with van der Waals surface area (Å²) in [4.78, 5) is 43.1. The number of hydrogen-bond donors (Lipinski definition) is 1. The monoisotopic (exact) mass is 428 g/mol. The van der Waals surface area contributed by atoms with Crippen molar-refractivity contribution in [3.8, 4) is 6.07 Å². The maximum atomic E-state index is 14.0. The quantitative estimate of drug-likeness (QED) is 0.716. The van der Waals surface area contributed by atoms with E-state index in [1.807, 2.05) is 0 Å². The molecule has 2 heterocycles. The van der Waals surface area contributed by atoms with Crippen LogP contribution in [0, 0.1) is 34.8 Å². The van der Waals surface area contributed by atoms with Crippen molar-refractivity contribution in [2.45, 2.75) is 37.8 Å². The zero-order chi connectivity index (χ0) is 22.3. The molecule has 1 saturated carbocycles. The van der Waals surface area contributed by atoms with Gasteiger partial charge in [0.1, 0.15) is 35.7 Å². The fourth-order valence-electron chi connectivity index (χ4n) is 4.23. The van der Waals surface area contributed by atoms with Gasteiger partial charge in [0.15, 0.2) is 0 Å². The molecule has 1 aliphatic carbocycles. The molecule has 0 radical (unpaired) electrons. The Bertz CT molecular complexity index is 1090. The molecule has 1 aromatic carbocycles. The van der Waals surface area contributed by atoms with Gasteiger partial charge in [-0.05, 0) is 30.9 Å². The van der Waals surface area contributed by atoms with Crippen LogP contribution in [0.1, 0.15) is 36.2 Å². The Labute approximate surface area is 177 Å². The van der Waals surface area contributed by atoms with Crippen LogP contribution in [0.5, 0.6) is 0 Å². The number of hydrogen-bond acceptors (Lipinski definition) is 4. The molecule has 31 heavy (non-hydrogen) atoms. The van der Waals surface area contributed by atoms with Crippen molar-refractivity contribution in [2.24, 2.45) is 11.8 Å². The predicted octanol–water partition coefficient (Wildman–Crippen LogP) is 2.63. The number of rotatable bonds is 6. The number of likely N-dealkylation sites (N-methyl/N-ethyl adjacent to an activating group) is 1. The zero-order valence-corrected chi connectivity index (χ0v) is 17.0. The Morgan fingerprint density at radius 3 is 2.74 bits per heavy atom. The van der Waals surface area contributed by atoms with E-state index in [1.54, 1.807) is 0 Å². The summed E-state index contributed by atoms with van der Waals surface area (Å²) in [6, 6.07) is 3.70. The fourth-order valence-corrected chi connectivity index (χ4v) is 4.23. The molecule has 2 aromatic rings. The van der Waals surface area contributed by atoms with Crippen molar-refractivity contribution >= 4 is 29.0 Å². The number of carbonyl (C=O) groups excluding carboxylic acids is 3. The molecule has 2 aliphatic rings. The van der Waals surface area contributed by atoms with Gasteiger partial charge in [-0.3, -0.25) is 9.59 Å². The van der Waals surface area contributed by atoms with E-state index in [4.69, 9.17) is 0 Å². The summed E-state index contributed by atoms with van der Waals surface area (Å²) in [5.74, 6) is -2.54. The smallest absolute Gasteiger partial charge is 0.270 e. The van der Waals surface area contributed by atoms with Crippen LogP contribution in [-0.4, -0.2) is 58.6 Å². The number of nitrogens with zero attached hydrogens (tertiary/aromatic N) is 3. The highest BCUT2D eigenvalue weighted by molar-refractivity contribution is 6.00. The molecule has 7 nitrogen and oxygen atoms in total. The molecule has 0 spiro atoms. The standard InChI is InChI=1S/C22H22F2N4O3/c1-27(21(30)19-8-16-17(24)6-14(23)7-18(16)26-19)20(5-12-2-3-12)22(31)28-10-13(11-29)4-15(28)9-25/h6-8,11-13,15,20,26H,2-5,10H2,1H3. The van der Waals surface area contributed by atoms with E-state index in [9.17, 15) is 28.4 Å². The van der Waals surface area contributed by atoms with Crippen LogP contribution in [0.4, 0.5) is 8.78 Å². The van der Waals surface area contributed by atoms with Gasteiger partial charge in [0.2, 0.25) is 5.91 Å². The molecular formula is C22H22F2N4O3. The molecule has 3 unspecified atom stereocenters. The number of benzene rings is 1. The van der Waals surface area contributed by atoms with Gasteiger partial charge < -0.3 is 19.6 Å². The van der Waals surface area contributed by atoms with Crippen LogP contribution >= 0.6 is 0 Å². The van der Waals surface area contributed by atoms with Gasteiger partial charge in [0.25, 0.3) is 5.91 Å². The minimum Gasteiger partial charge on any atom is -0.350 e. The maximum absolute atomic E-state index is 14.0. The number of aromatic nitrogens is 1. The van der Waals surface area contributed by atoms with Gasteiger partial charge in [-0.15, -0.1) is 0 Å². The molecular weight excluding hydrogens is 406 g/mol. The van der Waals surface area contributed by atoms with E-state index in [2.05, 4.69) is 11.1 Å². The number of halogens is 2. The van der Waals surface area contributed by atoms with E-state index < -0.39 is 35.5 Å². The van der Waals surface area contributed by atoms with Crippen molar-refractivity contribution in [3.63, 3.8) is 0 Å². The summed E-state index contributed by atoms with van der Waals surface area (Å²) in [7, 11) is 1.49. The molecule has 1 aromatic heterocycles. The average molecular weight is 428 g/mol. The lowest BCUT2D eigenvalue weighted by molar-refractivity contribution is -0.136. The van der Waals surface area contributed by atoms with Crippen LogP contribution < -0.4 is 0 Å². The Balaban J connectivity index is 1.61. The zero-order valence-electron chi connectivity index (χ0n) is 17.0. The van der Waals surface area contributed by atoms with E-state index in [1.165, 1.54) is 22.9 Å². The number of aromatic amines is 1. The molecule has 0 bridgehead atoms. The highest BCUT2D eigenvalue weighted by atomic mass is 19.1. The molecule has 9 heteroatoms. The minimum absolute atomic E-state index is 0.0413. The van der Waals surface area contributed by atoms with Gasteiger partial charge in [-0.2, -0.15) is 5.26 Å². The number of nitrogens with one attached hydrogen (secondary N) is 1. The summed E-state index contributed by atoms with van der Waals surface area (Å²) < 4.78 is 27.5. The minimum atomic E-state index is -0.811. The number of fused-ring (bicyclic) bond motifs is 1. The molecule has 2 fully saturated rings. The Kier molecular flexibility index (Phi) is 5.48. The molecule has 1 aliphatic heterocycles. The second-order valence-electron chi connectivity index (χ2n) is 8.41. The van der Waals surface area contributed by atoms with Crippen molar-refractivity contribution < 1.29 is 23.2 Å². The number of carbonyl (C=O) groups is 3. The molecule has 1 N–H and O–H groups in total. The van der Waals surface area contributed by atoms with Gasteiger partial charge in [0, 0.05) is 31.0 Å². The third-order valence-corrected chi connectivity index (χ3v) is 6.17. The van der Waals surface area contributed by atoms with Gasteiger partial charge in [0.05, 0.1) is 11.6 Å². The first kappa shape index (κ1) is 21.0. The number of amides is 2.